The molecule has 0 saturated carbocycles. The maximum absolute atomic E-state index is 12.3. The molecule has 0 N–H and O–H groups in total. The number of piperazine rings is 1. The molecule has 0 spiro atoms. The molecule has 32 heavy (non-hydrogen) atoms. The smallest absolute Gasteiger partial charge is 0.288 e. The summed E-state index contributed by atoms with van der Waals surface area (Å²) in [5.41, 5.74) is 3.50. The summed E-state index contributed by atoms with van der Waals surface area (Å²) in [5.74, 6) is 0.556. The Kier molecular flexibility index (Phi) is 5.69. The van der Waals surface area contributed by atoms with Gasteiger partial charge in [0.15, 0.2) is 0 Å². The largest absolute Gasteiger partial charge is 0.409 e. The minimum atomic E-state index is -0.0471. The topological polar surface area (TPSA) is 71.8 Å². The zero-order chi connectivity index (χ0) is 22.1. The molecule has 9 heteroatoms. The van der Waals surface area contributed by atoms with Crippen LogP contribution in [0.3, 0.4) is 0 Å². The van der Waals surface area contributed by atoms with E-state index in [2.05, 4.69) is 19.9 Å². The highest BCUT2D eigenvalue weighted by atomic mass is 32.1. The number of nitrogens with zero attached hydrogens (tertiary/aromatic N) is 6. The lowest BCUT2D eigenvalue weighted by atomic mass is 10.1. The number of benzene rings is 1. The Morgan fingerprint density at radius 2 is 1.78 bits per heavy atom. The highest BCUT2D eigenvalue weighted by molar-refractivity contribution is 7.71. The fourth-order valence-corrected chi connectivity index (χ4v) is 4.19. The van der Waals surface area contributed by atoms with Crippen molar-refractivity contribution in [3.63, 3.8) is 0 Å². The Bertz CT molecular complexity index is 1370. The number of pyridine rings is 1. The third kappa shape index (κ3) is 4.27. The Labute approximate surface area is 190 Å². The summed E-state index contributed by atoms with van der Waals surface area (Å²) in [6.07, 6.45) is 1.74. The normalized spacial score (nSPS) is 15.4. The van der Waals surface area contributed by atoms with Crippen molar-refractivity contribution in [3.05, 3.63) is 81.2 Å². The molecule has 1 aromatic carbocycles. The molecule has 1 aliphatic heterocycles. The van der Waals surface area contributed by atoms with E-state index in [0.717, 1.165) is 43.0 Å². The van der Waals surface area contributed by atoms with Gasteiger partial charge in [0, 0.05) is 50.6 Å². The van der Waals surface area contributed by atoms with Gasteiger partial charge in [-0.3, -0.25) is 19.0 Å². The molecule has 1 fully saturated rings. The molecule has 3 aromatic heterocycles. The molecule has 0 amide bonds. The first-order chi connectivity index (χ1) is 15.6. The molecule has 4 heterocycles. The van der Waals surface area contributed by atoms with Gasteiger partial charge in [0.05, 0.1) is 12.4 Å². The van der Waals surface area contributed by atoms with Crippen LogP contribution >= 0.6 is 12.2 Å². The fraction of sp³-hybridized carbons (Fsp3) is 0.304. The molecule has 0 radical (unpaired) electrons. The minimum Gasteiger partial charge on any atom is -0.409 e. The lowest BCUT2D eigenvalue weighted by Gasteiger charge is -2.34. The van der Waals surface area contributed by atoms with Gasteiger partial charge >= 0.3 is 0 Å². The van der Waals surface area contributed by atoms with Crippen molar-refractivity contribution in [2.24, 2.45) is 0 Å². The van der Waals surface area contributed by atoms with E-state index in [9.17, 15) is 4.79 Å². The molecule has 1 aliphatic rings. The number of rotatable bonds is 5. The lowest BCUT2D eigenvalue weighted by molar-refractivity contribution is 0.0966. The number of aromatic nitrogens is 4. The maximum atomic E-state index is 12.3. The van der Waals surface area contributed by atoms with Gasteiger partial charge in [0.1, 0.15) is 5.65 Å². The predicted octanol–water partition coefficient (Wildman–Crippen LogP) is 2.96. The van der Waals surface area contributed by atoms with Crippen molar-refractivity contribution in [1.29, 1.82) is 0 Å². The van der Waals surface area contributed by atoms with Crippen molar-refractivity contribution >= 4 is 17.9 Å². The van der Waals surface area contributed by atoms with E-state index < -0.39 is 0 Å². The zero-order valence-electron chi connectivity index (χ0n) is 17.8. The van der Waals surface area contributed by atoms with E-state index in [4.69, 9.17) is 16.6 Å². The summed E-state index contributed by atoms with van der Waals surface area (Å²) in [6.45, 7) is 6.80. The van der Waals surface area contributed by atoms with Crippen molar-refractivity contribution in [2.75, 3.05) is 26.2 Å². The van der Waals surface area contributed by atoms with Gasteiger partial charge in [-0.1, -0.05) is 24.3 Å². The zero-order valence-corrected chi connectivity index (χ0v) is 18.7. The Balaban J connectivity index is 1.22. The third-order valence-corrected chi connectivity index (χ3v) is 6.08. The van der Waals surface area contributed by atoms with Gasteiger partial charge in [-0.25, -0.2) is 9.67 Å². The molecule has 4 aromatic rings. The summed E-state index contributed by atoms with van der Waals surface area (Å²) < 4.78 is 9.07. The Morgan fingerprint density at radius 3 is 2.59 bits per heavy atom. The second-order valence-corrected chi connectivity index (χ2v) is 8.39. The molecule has 0 bridgehead atoms. The number of fused-ring (bicyclic) bond motifs is 1. The minimum absolute atomic E-state index is 0.0471. The van der Waals surface area contributed by atoms with Gasteiger partial charge < -0.3 is 4.42 Å². The maximum Gasteiger partial charge on any atom is 0.288 e. The van der Waals surface area contributed by atoms with Crippen molar-refractivity contribution in [3.8, 4) is 11.5 Å². The Hall–Kier alpha value is -3.14. The number of hydrogen-bond donors (Lipinski definition) is 0. The van der Waals surface area contributed by atoms with Crippen LogP contribution in [0.5, 0.6) is 0 Å². The summed E-state index contributed by atoms with van der Waals surface area (Å²) in [6, 6.07) is 15.2. The molecule has 164 valence electrons. The molecular formula is C23H24N6O2S. The van der Waals surface area contributed by atoms with E-state index in [0.29, 0.717) is 29.6 Å². The molecular weight excluding hydrogens is 424 g/mol. The average molecular weight is 449 g/mol. The van der Waals surface area contributed by atoms with E-state index in [1.54, 1.807) is 21.3 Å². The van der Waals surface area contributed by atoms with Gasteiger partial charge in [-0.05, 0) is 42.9 Å². The molecule has 0 unspecified atom stereocenters. The van der Waals surface area contributed by atoms with Gasteiger partial charge in [0.2, 0.25) is 5.89 Å². The van der Waals surface area contributed by atoms with Crippen LogP contribution in [0.15, 0.2) is 63.9 Å². The molecule has 0 atom stereocenters. The van der Waals surface area contributed by atoms with Crippen LogP contribution in [0, 0.1) is 11.8 Å². The SMILES string of the molecule is Cc1ccccc1-c1nn(CN2CCN(Cc3cc(=O)n4ccccc4n3)CC2)c(=S)o1. The van der Waals surface area contributed by atoms with Crippen LogP contribution in [-0.4, -0.2) is 55.1 Å². The van der Waals surface area contributed by atoms with Crippen molar-refractivity contribution < 1.29 is 4.42 Å². The second kappa shape index (κ2) is 8.78. The first-order valence-corrected chi connectivity index (χ1v) is 11.0. The standard InChI is InChI=1S/C23H24N6O2S/c1-17-6-2-3-7-19(17)22-25-29(23(32)31-22)16-27-12-10-26(11-13-27)15-18-14-21(30)28-9-5-4-8-20(28)24-18/h2-9,14H,10-13,15-16H2,1H3. The van der Waals surface area contributed by atoms with E-state index in [1.165, 1.54) is 0 Å². The fourth-order valence-electron chi connectivity index (χ4n) is 4.01. The number of hydrogen-bond acceptors (Lipinski definition) is 7. The first kappa shape index (κ1) is 20.7. The van der Waals surface area contributed by atoms with Gasteiger partial charge in [-0.15, -0.1) is 5.10 Å². The molecule has 0 aliphatic carbocycles. The van der Waals surface area contributed by atoms with Crippen LogP contribution in [0.4, 0.5) is 0 Å². The van der Waals surface area contributed by atoms with E-state index in [-0.39, 0.29) is 5.56 Å². The van der Waals surface area contributed by atoms with Crippen molar-refractivity contribution in [1.82, 2.24) is 29.0 Å². The van der Waals surface area contributed by atoms with E-state index in [1.807, 2.05) is 49.4 Å². The summed E-state index contributed by atoms with van der Waals surface area (Å²) in [7, 11) is 0. The van der Waals surface area contributed by atoms with Gasteiger partial charge in [-0.2, -0.15) is 0 Å². The number of aryl methyl sites for hydroxylation is 1. The highest BCUT2D eigenvalue weighted by Crippen LogP contribution is 2.21. The van der Waals surface area contributed by atoms with Crippen LogP contribution in [0.25, 0.3) is 17.1 Å². The summed E-state index contributed by atoms with van der Waals surface area (Å²) in [5, 5.41) is 4.60. The van der Waals surface area contributed by atoms with Gasteiger partial charge in [0.25, 0.3) is 10.4 Å². The van der Waals surface area contributed by atoms with Crippen molar-refractivity contribution in [2.45, 2.75) is 20.1 Å². The van der Waals surface area contributed by atoms with Crippen LogP contribution < -0.4 is 5.56 Å². The summed E-state index contributed by atoms with van der Waals surface area (Å²) >= 11 is 5.40. The lowest BCUT2D eigenvalue weighted by Crippen LogP contribution is -2.46. The highest BCUT2D eigenvalue weighted by Gasteiger charge is 2.20. The predicted molar refractivity (Wildman–Crippen MR) is 124 cm³/mol. The monoisotopic (exact) mass is 448 g/mol. The first-order valence-electron chi connectivity index (χ1n) is 10.6. The second-order valence-electron chi connectivity index (χ2n) is 8.04. The quantitative estimate of drug-likeness (QED) is 0.435. The Morgan fingerprint density at radius 1 is 1.03 bits per heavy atom. The third-order valence-electron chi connectivity index (χ3n) is 5.79. The van der Waals surface area contributed by atoms with Crippen LogP contribution in [-0.2, 0) is 13.2 Å². The van der Waals surface area contributed by atoms with Crippen LogP contribution in [0.1, 0.15) is 11.3 Å². The van der Waals surface area contributed by atoms with Crippen LogP contribution in [0.2, 0.25) is 0 Å². The molecule has 5 rings (SSSR count). The molecule has 8 nitrogen and oxygen atoms in total. The summed E-state index contributed by atoms with van der Waals surface area (Å²) in [4.78, 5) is 22.0. The average Bonchev–Trinajstić information content (AvgIpc) is 3.15. The molecule has 1 saturated heterocycles. The van der Waals surface area contributed by atoms with E-state index >= 15 is 0 Å².